The Morgan fingerprint density at radius 3 is 2.76 bits per heavy atom. The molecule has 2 heterocycles. The van der Waals surface area contributed by atoms with E-state index in [-0.39, 0.29) is 18.5 Å². The average Bonchev–Trinajstić information content (AvgIpc) is 2.61. The minimum absolute atomic E-state index is 0.00224. The average molecular weight is 346 g/mol. The van der Waals surface area contributed by atoms with E-state index in [9.17, 15) is 9.59 Å². The maximum atomic E-state index is 12.6. The molecule has 0 unspecified atom stereocenters. The number of benzene rings is 1. The van der Waals surface area contributed by atoms with E-state index in [1.165, 1.54) is 26.4 Å². The van der Waals surface area contributed by atoms with Crippen LogP contribution in [0.3, 0.4) is 0 Å². The number of carbonyl (C=O) groups is 2. The van der Waals surface area contributed by atoms with Gasteiger partial charge in [-0.15, -0.1) is 0 Å². The maximum absolute atomic E-state index is 12.6. The second-order valence-corrected chi connectivity index (χ2v) is 6.62. The van der Waals surface area contributed by atoms with Crippen LogP contribution in [0.15, 0.2) is 24.3 Å². The van der Waals surface area contributed by atoms with Crippen LogP contribution in [-0.4, -0.2) is 67.7 Å². The summed E-state index contributed by atoms with van der Waals surface area (Å²) in [7, 11) is 1.47. The van der Waals surface area contributed by atoms with Gasteiger partial charge in [-0.1, -0.05) is 12.5 Å². The summed E-state index contributed by atoms with van der Waals surface area (Å²) in [5, 5.41) is 5.68. The molecule has 1 aromatic carbocycles. The summed E-state index contributed by atoms with van der Waals surface area (Å²) in [6.07, 6.45) is 3.69. The number of fused-ring (bicyclic) bond motifs is 1. The van der Waals surface area contributed by atoms with Crippen LogP contribution in [-0.2, 0) is 9.53 Å². The van der Waals surface area contributed by atoms with E-state index >= 15 is 0 Å². The van der Waals surface area contributed by atoms with E-state index in [4.69, 9.17) is 4.74 Å². The molecular formula is C18H26N4O3. The molecule has 0 spiro atoms. The summed E-state index contributed by atoms with van der Waals surface area (Å²) in [5.74, 6) is -0.223. The number of carbonyl (C=O) groups excluding carboxylic acids is 2. The molecule has 1 atom stereocenters. The van der Waals surface area contributed by atoms with Gasteiger partial charge in [0.1, 0.15) is 6.61 Å². The monoisotopic (exact) mass is 346 g/mol. The lowest BCUT2D eigenvalue weighted by molar-refractivity contribution is -0.119. The van der Waals surface area contributed by atoms with Crippen LogP contribution in [0, 0.1) is 0 Å². The number of methoxy groups -OCH3 is 1. The molecule has 25 heavy (non-hydrogen) atoms. The largest absolute Gasteiger partial charge is 0.375 e. The van der Waals surface area contributed by atoms with Crippen molar-refractivity contribution >= 4 is 23.3 Å². The molecule has 2 fully saturated rings. The van der Waals surface area contributed by atoms with Gasteiger partial charge in [0.2, 0.25) is 5.91 Å². The topological polar surface area (TPSA) is 73.9 Å². The van der Waals surface area contributed by atoms with Crippen LogP contribution in [0.25, 0.3) is 0 Å². The Hall–Kier alpha value is -2.12. The number of anilines is 2. The molecule has 0 aromatic heterocycles. The SMILES string of the molecule is COCC(=O)Nc1cccc(NC(=O)N2CCN3CCCC[C@H]3C2)c1. The Morgan fingerprint density at radius 2 is 1.96 bits per heavy atom. The van der Waals surface area contributed by atoms with E-state index in [0.29, 0.717) is 17.4 Å². The molecule has 2 aliphatic rings. The van der Waals surface area contributed by atoms with Crippen molar-refractivity contribution in [3.63, 3.8) is 0 Å². The molecule has 0 bridgehead atoms. The van der Waals surface area contributed by atoms with Crippen LogP contribution in [0.4, 0.5) is 16.2 Å². The Bertz CT molecular complexity index is 622. The second kappa shape index (κ2) is 8.31. The number of rotatable bonds is 4. The number of amides is 3. The van der Waals surface area contributed by atoms with Gasteiger partial charge in [0, 0.05) is 44.2 Å². The summed E-state index contributed by atoms with van der Waals surface area (Å²) < 4.78 is 4.80. The quantitative estimate of drug-likeness (QED) is 0.874. The zero-order valence-electron chi connectivity index (χ0n) is 14.7. The molecule has 2 aliphatic heterocycles. The molecule has 2 saturated heterocycles. The fraction of sp³-hybridized carbons (Fsp3) is 0.556. The predicted octanol–water partition coefficient (Wildman–Crippen LogP) is 1.97. The van der Waals surface area contributed by atoms with E-state index in [2.05, 4.69) is 15.5 Å². The first-order valence-electron chi connectivity index (χ1n) is 8.84. The number of hydrogen-bond donors (Lipinski definition) is 2. The number of piperazine rings is 1. The van der Waals surface area contributed by atoms with E-state index < -0.39 is 0 Å². The minimum Gasteiger partial charge on any atom is -0.375 e. The van der Waals surface area contributed by atoms with E-state index in [1.54, 1.807) is 18.2 Å². The third-order valence-electron chi connectivity index (χ3n) is 4.80. The lowest BCUT2D eigenvalue weighted by Crippen LogP contribution is -2.56. The van der Waals surface area contributed by atoms with Crippen molar-refractivity contribution in [3.05, 3.63) is 24.3 Å². The van der Waals surface area contributed by atoms with Crippen molar-refractivity contribution in [2.75, 3.05) is 50.5 Å². The summed E-state index contributed by atoms with van der Waals surface area (Å²) in [5.41, 5.74) is 1.31. The van der Waals surface area contributed by atoms with Crippen LogP contribution >= 0.6 is 0 Å². The fourth-order valence-electron chi connectivity index (χ4n) is 3.55. The Labute approximate surface area is 148 Å². The van der Waals surface area contributed by atoms with E-state index in [0.717, 1.165) is 26.2 Å². The highest BCUT2D eigenvalue weighted by Crippen LogP contribution is 2.22. The zero-order chi connectivity index (χ0) is 17.6. The third-order valence-corrected chi connectivity index (χ3v) is 4.80. The van der Waals surface area contributed by atoms with Crippen LogP contribution < -0.4 is 10.6 Å². The zero-order valence-corrected chi connectivity index (χ0v) is 14.7. The number of nitrogens with zero attached hydrogens (tertiary/aromatic N) is 2. The van der Waals surface area contributed by atoms with Gasteiger partial charge in [0.05, 0.1) is 0 Å². The molecule has 7 heteroatoms. The molecule has 3 rings (SSSR count). The number of hydrogen-bond acceptors (Lipinski definition) is 4. The normalized spacial score (nSPS) is 20.7. The number of nitrogens with one attached hydrogen (secondary N) is 2. The lowest BCUT2D eigenvalue weighted by Gasteiger charge is -2.43. The summed E-state index contributed by atoms with van der Waals surface area (Å²) >= 11 is 0. The van der Waals surface area contributed by atoms with Crippen LogP contribution in [0.1, 0.15) is 19.3 Å². The highest BCUT2D eigenvalue weighted by molar-refractivity contribution is 5.94. The molecule has 136 valence electrons. The fourth-order valence-corrected chi connectivity index (χ4v) is 3.55. The summed E-state index contributed by atoms with van der Waals surface area (Å²) in [6, 6.07) is 7.57. The highest BCUT2D eigenvalue weighted by Gasteiger charge is 2.30. The van der Waals surface area contributed by atoms with Gasteiger partial charge in [-0.3, -0.25) is 9.69 Å². The second-order valence-electron chi connectivity index (χ2n) is 6.62. The number of ether oxygens (including phenoxy) is 1. The summed E-state index contributed by atoms with van der Waals surface area (Å²) in [6.45, 7) is 3.65. The standard InChI is InChI=1S/C18H26N4O3/c1-25-13-17(23)19-14-5-4-6-15(11-14)20-18(24)22-10-9-21-8-3-2-7-16(21)12-22/h4-6,11,16H,2-3,7-10,12-13H2,1H3,(H,19,23)(H,20,24)/t16-/m0/s1. The Kier molecular flexibility index (Phi) is 5.88. The van der Waals surface area contributed by atoms with Crippen molar-refractivity contribution in [2.45, 2.75) is 25.3 Å². The first kappa shape index (κ1) is 17.7. The molecule has 0 saturated carbocycles. The first-order valence-corrected chi connectivity index (χ1v) is 8.84. The molecule has 1 aromatic rings. The van der Waals surface area contributed by atoms with Crippen molar-refractivity contribution in [2.24, 2.45) is 0 Å². The summed E-state index contributed by atoms with van der Waals surface area (Å²) in [4.78, 5) is 28.5. The van der Waals surface area contributed by atoms with Crippen molar-refractivity contribution in [3.8, 4) is 0 Å². The maximum Gasteiger partial charge on any atom is 0.321 e. The number of urea groups is 1. The number of piperidine rings is 1. The molecule has 0 aliphatic carbocycles. The molecule has 2 N–H and O–H groups in total. The van der Waals surface area contributed by atoms with Crippen LogP contribution in [0.5, 0.6) is 0 Å². The lowest BCUT2D eigenvalue weighted by atomic mass is 10.00. The van der Waals surface area contributed by atoms with Gasteiger partial charge in [-0.2, -0.15) is 0 Å². The molecule has 7 nitrogen and oxygen atoms in total. The van der Waals surface area contributed by atoms with Crippen molar-refractivity contribution < 1.29 is 14.3 Å². The Balaban J connectivity index is 1.56. The third kappa shape index (κ3) is 4.70. The Morgan fingerprint density at radius 1 is 1.16 bits per heavy atom. The van der Waals surface area contributed by atoms with Gasteiger partial charge < -0.3 is 20.3 Å². The smallest absolute Gasteiger partial charge is 0.321 e. The first-order chi connectivity index (χ1) is 12.2. The minimum atomic E-state index is -0.223. The van der Waals surface area contributed by atoms with Gasteiger partial charge in [0.15, 0.2) is 0 Å². The molecule has 0 radical (unpaired) electrons. The van der Waals surface area contributed by atoms with Crippen molar-refractivity contribution in [1.29, 1.82) is 0 Å². The van der Waals surface area contributed by atoms with Gasteiger partial charge in [0.25, 0.3) is 0 Å². The van der Waals surface area contributed by atoms with E-state index in [1.807, 2.05) is 11.0 Å². The van der Waals surface area contributed by atoms with Gasteiger partial charge in [-0.05, 0) is 37.6 Å². The van der Waals surface area contributed by atoms with Gasteiger partial charge >= 0.3 is 6.03 Å². The highest BCUT2D eigenvalue weighted by atomic mass is 16.5. The molecular weight excluding hydrogens is 320 g/mol. The van der Waals surface area contributed by atoms with Crippen LogP contribution in [0.2, 0.25) is 0 Å². The van der Waals surface area contributed by atoms with Crippen molar-refractivity contribution in [1.82, 2.24) is 9.80 Å². The predicted molar refractivity (Wildman–Crippen MR) is 96.8 cm³/mol. The molecule has 3 amide bonds. The van der Waals surface area contributed by atoms with Gasteiger partial charge in [-0.25, -0.2) is 4.79 Å².